The fourth-order valence-electron chi connectivity index (χ4n) is 2.28. The highest BCUT2D eigenvalue weighted by atomic mass is 35.5. The van der Waals surface area contributed by atoms with Gasteiger partial charge in [-0.15, -0.1) is 0 Å². The van der Waals surface area contributed by atoms with Gasteiger partial charge in [0.2, 0.25) is 5.89 Å². The summed E-state index contributed by atoms with van der Waals surface area (Å²) in [5.41, 5.74) is 0.633. The number of benzene rings is 1. The Kier molecular flexibility index (Phi) is 8.15. The molecular weight excluding hydrogens is 377 g/mol. The van der Waals surface area contributed by atoms with E-state index in [1.54, 1.807) is 25.1 Å². The molecule has 0 radical (unpaired) electrons. The van der Waals surface area contributed by atoms with Gasteiger partial charge < -0.3 is 20.3 Å². The Bertz CT molecular complexity index is 715. The number of aliphatic imine (C=N–C) groups is 1. The number of halogens is 2. The summed E-state index contributed by atoms with van der Waals surface area (Å²) < 4.78 is 5.08. The molecule has 2 rings (SSSR count). The van der Waals surface area contributed by atoms with E-state index in [0.29, 0.717) is 52.8 Å². The molecular formula is C17H23Cl2N5O2. The van der Waals surface area contributed by atoms with Crippen LogP contribution in [0.15, 0.2) is 27.7 Å². The molecule has 0 aliphatic heterocycles. The van der Waals surface area contributed by atoms with Crippen molar-refractivity contribution >= 4 is 29.2 Å². The number of hydrogen-bond donors (Lipinski definition) is 3. The van der Waals surface area contributed by atoms with E-state index < -0.39 is 6.10 Å². The topological polar surface area (TPSA) is 95.6 Å². The first-order chi connectivity index (χ1) is 12.5. The van der Waals surface area contributed by atoms with Gasteiger partial charge in [-0.1, -0.05) is 28.4 Å². The van der Waals surface area contributed by atoms with Gasteiger partial charge in [0, 0.05) is 29.6 Å². The van der Waals surface area contributed by atoms with E-state index in [4.69, 9.17) is 27.7 Å². The molecule has 1 atom stereocenters. The lowest BCUT2D eigenvalue weighted by atomic mass is 10.1. The van der Waals surface area contributed by atoms with Crippen LogP contribution in [0.25, 0.3) is 0 Å². The minimum atomic E-state index is -0.789. The molecule has 0 bridgehead atoms. The highest BCUT2D eigenvalue weighted by Gasteiger charge is 2.10. The minimum absolute atomic E-state index is 0.189. The smallest absolute Gasteiger partial charge is 0.226 e. The molecule has 0 saturated heterocycles. The van der Waals surface area contributed by atoms with Crippen molar-refractivity contribution in [3.63, 3.8) is 0 Å². The zero-order chi connectivity index (χ0) is 18.9. The van der Waals surface area contributed by atoms with Crippen LogP contribution in [-0.4, -0.2) is 40.8 Å². The van der Waals surface area contributed by atoms with Crippen LogP contribution in [-0.2, 0) is 6.42 Å². The average molecular weight is 400 g/mol. The van der Waals surface area contributed by atoms with Gasteiger partial charge in [-0.25, -0.2) is 0 Å². The highest BCUT2D eigenvalue weighted by Crippen LogP contribution is 2.23. The highest BCUT2D eigenvalue weighted by molar-refractivity contribution is 6.34. The first-order valence-electron chi connectivity index (χ1n) is 8.43. The van der Waals surface area contributed by atoms with Gasteiger partial charge in [-0.05, 0) is 44.0 Å². The Morgan fingerprint density at radius 2 is 2.00 bits per heavy atom. The van der Waals surface area contributed by atoms with Gasteiger partial charge in [0.25, 0.3) is 0 Å². The predicted octanol–water partition coefficient (Wildman–Crippen LogP) is 2.91. The zero-order valence-corrected chi connectivity index (χ0v) is 16.3. The molecule has 0 amide bonds. The normalized spacial score (nSPS) is 12.9. The number of hydrogen-bond acceptors (Lipinski definition) is 5. The van der Waals surface area contributed by atoms with E-state index in [0.717, 1.165) is 6.42 Å². The minimum Gasteiger partial charge on any atom is -0.386 e. The molecule has 1 aromatic heterocycles. The first-order valence-corrected chi connectivity index (χ1v) is 9.19. The third-order valence-electron chi connectivity index (χ3n) is 3.47. The molecule has 0 saturated carbocycles. The average Bonchev–Trinajstić information content (AvgIpc) is 3.00. The Morgan fingerprint density at radius 3 is 2.62 bits per heavy atom. The molecule has 9 heteroatoms. The summed E-state index contributed by atoms with van der Waals surface area (Å²) in [5.74, 6) is 1.89. The van der Waals surface area contributed by atoms with Crippen LogP contribution < -0.4 is 10.6 Å². The number of aromatic nitrogens is 2. The van der Waals surface area contributed by atoms with Crippen molar-refractivity contribution in [2.45, 2.75) is 32.8 Å². The Balaban J connectivity index is 1.84. The number of aryl methyl sites for hydroxylation is 2. The number of nitrogens with zero attached hydrogens (tertiary/aromatic N) is 3. The van der Waals surface area contributed by atoms with Crippen molar-refractivity contribution in [1.29, 1.82) is 0 Å². The predicted molar refractivity (Wildman–Crippen MR) is 103 cm³/mol. The van der Waals surface area contributed by atoms with Gasteiger partial charge in [0.1, 0.15) is 0 Å². The van der Waals surface area contributed by atoms with Gasteiger partial charge in [-0.2, -0.15) is 4.98 Å². The molecule has 7 nitrogen and oxygen atoms in total. The summed E-state index contributed by atoms with van der Waals surface area (Å²) in [6.45, 7) is 5.36. The number of aliphatic hydroxyl groups is 1. The van der Waals surface area contributed by atoms with E-state index in [1.807, 2.05) is 6.92 Å². The lowest BCUT2D eigenvalue weighted by Gasteiger charge is -2.13. The molecule has 26 heavy (non-hydrogen) atoms. The summed E-state index contributed by atoms with van der Waals surface area (Å²) in [6.07, 6.45) is 0.720. The second-order valence-corrected chi connectivity index (χ2v) is 6.58. The quantitative estimate of drug-likeness (QED) is 0.358. The number of aliphatic hydroxyl groups excluding tert-OH is 1. The molecule has 142 valence electrons. The summed E-state index contributed by atoms with van der Waals surface area (Å²) in [5, 5.41) is 21.4. The van der Waals surface area contributed by atoms with Crippen LogP contribution in [0, 0.1) is 6.92 Å². The van der Waals surface area contributed by atoms with Crippen molar-refractivity contribution in [1.82, 2.24) is 20.8 Å². The summed E-state index contributed by atoms with van der Waals surface area (Å²) in [7, 11) is 0. The number of guanidine groups is 1. The Morgan fingerprint density at radius 1 is 1.27 bits per heavy atom. The van der Waals surface area contributed by atoms with Crippen LogP contribution in [0.4, 0.5) is 0 Å². The van der Waals surface area contributed by atoms with Crippen LogP contribution in [0.3, 0.4) is 0 Å². The summed E-state index contributed by atoms with van der Waals surface area (Å²) in [4.78, 5) is 8.57. The zero-order valence-electron chi connectivity index (χ0n) is 14.8. The van der Waals surface area contributed by atoms with Gasteiger partial charge >= 0.3 is 0 Å². The summed E-state index contributed by atoms with van der Waals surface area (Å²) in [6, 6.07) is 4.99. The fourth-order valence-corrected chi connectivity index (χ4v) is 2.82. The van der Waals surface area contributed by atoms with Crippen LogP contribution >= 0.6 is 23.2 Å². The maximum absolute atomic E-state index is 10.3. The monoisotopic (exact) mass is 399 g/mol. The molecule has 1 heterocycles. The largest absolute Gasteiger partial charge is 0.386 e. The van der Waals surface area contributed by atoms with Crippen molar-refractivity contribution in [2.75, 3.05) is 19.6 Å². The van der Waals surface area contributed by atoms with Gasteiger partial charge in [-0.3, -0.25) is 4.99 Å². The van der Waals surface area contributed by atoms with E-state index in [9.17, 15) is 5.11 Å². The van der Waals surface area contributed by atoms with Crippen molar-refractivity contribution < 1.29 is 9.63 Å². The maximum Gasteiger partial charge on any atom is 0.226 e. The summed E-state index contributed by atoms with van der Waals surface area (Å²) >= 11 is 11.9. The molecule has 2 aromatic rings. The van der Waals surface area contributed by atoms with Crippen molar-refractivity contribution in [2.24, 2.45) is 4.99 Å². The van der Waals surface area contributed by atoms with Crippen molar-refractivity contribution in [3.8, 4) is 0 Å². The van der Waals surface area contributed by atoms with E-state index in [2.05, 4.69) is 25.8 Å². The molecule has 0 fully saturated rings. The third kappa shape index (κ3) is 6.82. The van der Waals surface area contributed by atoms with E-state index >= 15 is 0 Å². The molecule has 1 aromatic carbocycles. The number of nitrogens with one attached hydrogen (secondary N) is 2. The van der Waals surface area contributed by atoms with Gasteiger partial charge in [0.05, 0.1) is 12.6 Å². The lowest BCUT2D eigenvalue weighted by Crippen LogP contribution is -2.38. The van der Waals surface area contributed by atoms with E-state index in [-0.39, 0.29) is 6.54 Å². The molecule has 1 unspecified atom stereocenters. The maximum atomic E-state index is 10.3. The number of rotatable bonds is 8. The molecule has 0 aliphatic rings. The Hall–Kier alpha value is -1.83. The second-order valence-electron chi connectivity index (χ2n) is 5.70. The fraction of sp³-hybridized carbons (Fsp3) is 0.471. The second kappa shape index (κ2) is 10.4. The van der Waals surface area contributed by atoms with E-state index in [1.165, 1.54) is 0 Å². The van der Waals surface area contributed by atoms with Crippen LogP contribution in [0.5, 0.6) is 0 Å². The molecule has 0 spiro atoms. The Labute approximate surface area is 162 Å². The van der Waals surface area contributed by atoms with Crippen LogP contribution in [0.2, 0.25) is 10.0 Å². The standard InChI is InChI=1S/C17H23Cl2N5O2/c1-3-20-17(21-6-4-5-16-23-11(2)24-26-16)22-10-15(25)12-7-13(18)9-14(19)8-12/h7-9,15,25H,3-6,10H2,1-2H3,(H2,20,21,22). The molecule has 3 N–H and O–H groups in total. The first kappa shape index (κ1) is 20.5. The lowest BCUT2D eigenvalue weighted by molar-refractivity contribution is 0.187. The third-order valence-corrected chi connectivity index (χ3v) is 3.90. The van der Waals surface area contributed by atoms with Crippen molar-refractivity contribution in [3.05, 3.63) is 45.5 Å². The van der Waals surface area contributed by atoms with Gasteiger partial charge in [0.15, 0.2) is 11.8 Å². The van der Waals surface area contributed by atoms with Crippen LogP contribution in [0.1, 0.15) is 36.7 Å². The molecule has 0 aliphatic carbocycles. The SMILES string of the molecule is CCNC(=NCC(O)c1cc(Cl)cc(Cl)c1)NCCCc1nc(C)no1.